The number of anilines is 1. The van der Waals surface area contributed by atoms with E-state index in [1.807, 2.05) is 5.38 Å². The Morgan fingerprint density at radius 1 is 1.76 bits per heavy atom. The molecule has 1 aromatic rings. The number of thiazole rings is 1. The molecule has 5 nitrogen and oxygen atoms in total. The van der Waals surface area contributed by atoms with Crippen LogP contribution in [0.25, 0.3) is 0 Å². The Labute approximate surface area is 104 Å². The number of aryl methyl sites for hydroxylation is 1. The first-order valence-electron chi connectivity index (χ1n) is 5.75. The second kappa shape index (κ2) is 5.46. The number of nitrogens with one attached hydrogen (secondary N) is 1. The van der Waals surface area contributed by atoms with Gasteiger partial charge in [-0.3, -0.25) is 4.79 Å². The molecule has 0 radical (unpaired) electrons. The highest BCUT2D eigenvalue weighted by molar-refractivity contribution is 7.13. The lowest BCUT2D eigenvalue weighted by Crippen LogP contribution is -2.23. The van der Waals surface area contributed by atoms with Crippen molar-refractivity contribution >= 4 is 22.4 Å². The van der Waals surface area contributed by atoms with Gasteiger partial charge in [0.2, 0.25) is 0 Å². The van der Waals surface area contributed by atoms with Crippen LogP contribution >= 0.6 is 11.3 Å². The molecule has 1 fully saturated rings. The van der Waals surface area contributed by atoms with Gasteiger partial charge >= 0.3 is 5.97 Å². The van der Waals surface area contributed by atoms with E-state index in [9.17, 15) is 4.79 Å². The molecule has 1 aliphatic rings. The smallest absolute Gasteiger partial charge is 0.303 e. The molecule has 2 rings (SSSR count). The summed E-state index contributed by atoms with van der Waals surface area (Å²) in [5.41, 5.74) is 0.867. The molecule has 0 spiro atoms. The molecule has 1 unspecified atom stereocenters. The maximum Gasteiger partial charge on any atom is 0.303 e. The molecule has 1 aliphatic heterocycles. The van der Waals surface area contributed by atoms with Gasteiger partial charge < -0.3 is 15.3 Å². The molecule has 1 aromatic heterocycles. The molecular weight excluding hydrogens is 238 g/mol. The van der Waals surface area contributed by atoms with Crippen molar-refractivity contribution < 1.29 is 9.90 Å². The number of carbonyl (C=O) groups is 1. The predicted octanol–water partition coefficient (Wildman–Crippen LogP) is 1.28. The van der Waals surface area contributed by atoms with E-state index in [-0.39, 0.29) is 6.42 Å². The van der Waals surface area contributed by atoms with Crippen molar-refractivity contribution in [1.82, 2.24) is 9.88 Å². The average Bonchev–Trinajstić information content (AvgIpc) is 2.86. The van der Waals surface area contributed by atoms with Crippen molar-refractivity contribution in [3.8, 4) is 0 Å². The van der Waals surface area contributed by atoms with E-state index < -0.39 is 5.97 Å². The zero-order chi connectivity index (χ0) is 12.3. The second-order valence-corrected chi connectivity index (χ2v) is 5.29. The third kappa shape index (κ3) is 3.67. The van der Waals surface area contributed by atoms with Crippen LogP contribution in [0.5, 0.6) is 0 Å². The minimum Gasteiger partial charge on any atom is -0.481 e. The average molecular weight is 255 g/mol. The van der Waals surface area contributed by atoms with Crippen molar-refractivity contribution in [1.29, 1.82) is 0 Å². The first kappa shape index (κ1) is 12.3. The van der Waals surface area contributed by atoms with Crippen LogP contribution in [-0.4, -0.2) is 47.1 Å². The maximum atomic E-state index is 10.4. The van der Waals surface area contributed by atoms with Crippen LogP contribution in [0.15, 0.2) is 5.38 Å². The minimum absolute atomic E-state index is 0.148. The highest BCUT2D eigenvalue weighted by atomic mass is 32.1. The Bertz CT molecular complexity index is 394. The lowest BCUT2D eigenvalue weighted by Gasteiger charge is -2.11. The molecule has 2 N–H and O–H groups in total. The Hall–Kier alpha value is -1.14. The SMILES string of the molecule is CN1CCC(Nc2nc(CCC(=O)O)cs2)C1. The lowest BCUT2D eigenvalue weighted by atomic mass is 10.2. The summed E-state index contributed by atoms with van der Waals surface area (Å²) in [5, 5.41) is 14.8. The van der Waals surface area contributed by atoms with Crippen LogP contribution in [0.2, 0.25) is 0 Å². The van der Waals surface area contributed by atoms with Gasteiger partial charge in [0, 0.05) is 24.4 Å². The summed E-state index contributed by atoms with van der Waals surface area (Å²) in [6.07, 6.45) is 1.80. The molecule has 0 aliphatic carbocycles. The minimum atomic E-state index is -0.773. The largest absolute Gasteiger partial charge is 0.481 e. The zero-order valence-electron chi connectivity index (χ0n) is 9.85. The fourth-order valence-corrected chi connectivity index (χ4v) is 2.77. The van der Waals surface area contributed by atoms with E-state index in [0.717, 1.165) is 30.3 Å². The van der Waals surface area contributed by atoms with Crippen LogP contribution < -0.4 is 5.32 Å². The number of likely N-dealkylation sites (tertiary alicyclic amines) is 1. The summed E-state index contributed by atoms with van der Waals surface area (Å²) in [5.74, 6) is -0.773. The van der Waals surface area contributed by atoms with E-state index >= 15 is 0 Å². The monoisotopic (exact) mass is 255 g/mol. The molecule has 1 atom stereocenters. The van der Waals surface area contributed by atoms with Gasteiger partial charge in [-0.15, -0.1) is 11.3 Å². The van der Waals surface area contributed by atoms with E-state index in [1.165, 1.54) is 0 Å². The van der Waals surface area contributed by atoms with E-state index in [4.69, 9.17) is 5.11 Å². The number of carboxylic acid groups (broad SMARTS) is 1. The number of hydrogen-bond acceptors (Lipinski definition) is 5. The molecule has 94 valence electrons. The molecule has 6 heteroatoms. The molecule has 0 amide bonds. The van der Waals surface area contributed by atoms with E-state index in [1.54, 1.807) is 11.3 Å². The highest BCUT2D eigenvalue weighted by Crippen LogP contribution is 2.20. The summed E-state index contributed by atoms with van der Waals surface area (Å²) in [6, 6.07) is 0.471. The molecule has 1 saturated heterocycles. The third-order valence-corrected chi connectivity index (χ3v) is 3.69. The molecular formula is C11H17N3O2S. The molecule has 2 heterocycles. The van der Waals surface area contributed by atoms with Crippen LogP contribution in [0.4, 0.5) is 5.13 Å². The lowest BCUT2D eigenvalue weighted by molar-refractivity contribution is -0.136. The summed E-state index contributed by atoms with van der Waals surface area (Å²) >= 11 is 1.56. The van der Waals surface area contributed by atoms with Gasteiger partial charge in [-0.25, -0.2) is 4.98 Å². The number of carboxylic acids is 1. The van der Waals surface area contributed by atoms with Crippen molar-refractivity contribution in [2.24, 2.45) is 0 Å². The Kier molecular flexibility index (Phi) is 3.96. The van der Waals surface area contributed by atoms with Gasteiger partial charge in [0.1, 0.15) is 0 Å². The van der Waals surface area contributed by atoms with Gasteiger partial charge in [-0.1, -0.05) is 0 Å². The summed E-state index contributed by atoms with van der Waals surface area (Å²) < 4.78 is 0. The van der Waals surface area contributed by atoms with Gasteiger partial charge in [-0.05, 0) is 20.0 Å². The Balaban J connectivity index is 1.83. The van der Waals surface area contributed by atoms with Crippen molar-refractivity contribution in [2.75, 3.05) is 25.5 Å². The predicted molar refractivity (Wildman–Crippen MR) is 67.6 cm³/mol. The standard InChI is InChI=1S/C11H17N3O2S/c1-14-5-4-8(6-14)12-11-13-9(7-17-11)2-3-10(15)16/h7-8H,2-6H2,1H3,(H,12,13)(H,15,16). The van der Waals surface area contributed by atoms with Gasteiger partial charge in [-0.2, -0.15) is 0 Å². The van der Waals surface area contributed by atoms with Crippen molar-refractivity contribution in [3.63, 3.8) is 0 Å². The highest BCUT2D eigenvalue weighted by Gasteiger charge is 2.19. The number of hydrogen-bond donors (Lipinski definition) is 2. The third-order valence-electron chi connectivity index (χ3n) is 2.87. The Morgan fingerprint density at radius 3 is 3.24 bits per heavy atom. The van der Waals surface area contributed by atoms with E-state index in [2.05, 4.69) is 22.2 Å². The molecule has 0 aromatic carbocycles. The zero-order valence-corrected chi connectivity index (χ0v) is 10.7. The first-order chi connectivity index (χ1) is 8.13. The summed E-state index contributed by atoms with van der Waals surface area (Å²) in [6.45, 7) is 2.17. The van der Waals surface area contributed by atoms with E-state index in [0.29, 0.717) is 12.5 Å². The van der Waals surface area contributed by atoms with Gasteiger partial charge in [0.05, 0.1) is 12.1 Å². The number of aliphatic carboxylic acids is 1. The molecule has 17 heavy (non-hydrogen) atoms. The summed E-state index contributed by atoms with van der Waals surface area (Å²) in [4.78, 5) is 17.1. The summed E-state index contributed by atoms with van der Waals surface area (Å²) in [7, 11) is 2.11. The van der Waals surface area contributed by atoms with Crippen molar-refractivity contribution in [3.05, 3.63) is 11.1 Å². The van der Waals surface area contributed by atoms with Gasteiger partial charge in [0.15, 0.2) is 5.13 Å². The maximum absolute atomic E-state index is 10.4. The number of aromatic nitrogens is 1. The number of nitrogens with zero attached hydrogens (tertiary/aromatic N) is 2. The fourth-order valence-electron chi connectivity index (χ4n) is 1.95. The van der Waals surface area contributed by atoms with Crippen molar-refractivity contribution in [2.45, 2.75) is 25.3 Å². The number of rotatable bonds is 5. The molecule has 0 saturated carbocycles. The first-order valence-corrected chi connectivity index (χ1v) is 6.63. The quantitative estimate of drug-likeness (QED) is 0.829. The fraction of sp³-hybridized carbons (Fsp3) is 0.636. The van der Waals surface area contributed by atoms with Crippen LogP contribution in [-0.2, 0) is 11.2 Å². The topological polar surface area (TPSA) is 65.5 Å². The second-order valence-electron chi connectivity index (χ2n) is 4.43. The molecule has 0 bridgehead atoms. The normalized spacial score (nSPS) is 20.6. The van der Waals surface area contributed by atoms with Crippen LogP contribution in [0.1, 0.15) is 18.5 Å². The Morgan fingerprint density at radius 2 is 2.59 bits per heavy atom. The van der Waals surface area contributed by atoms with Gasteiger partial charge in [0.25, 0.3) is 0 Å². The van der Waals surface area contributed by atoms with Crippen LogP contribution in [0.3, 0.4) is 0 Å². The van der Waals surface area contributed by atoms with Crippen LogP contribution in [0, 0.1) is 0 Å². The number of likely N-dealkylation sites (N-methyl/N-ethyl adjacent to an activating group) is 1.